The molecule has 4 aromatic heterocycles. The molecule has 0 atom stereocenters. The number of pyridine rings is 1. The summed E-state index contributed by atoms with van der Waals surface area (Å²) in [4.78, 5) is 31.7. The molecule has 4 heterocycles. The molecule has 186 valence electrons. The summed E-state index contributed by atoms with van der Waals surface area (Å²) < 4.78 is 1.70. The second-order valence-electron chi connectivity index (χ2n) is 8.50. The summed E-state index contributed by atoms with van der Waals surface area (Å²) in [5.41, 5.74) is 10.4. The summed E-state index contributed by atoms with van der Waals surface area (Å²) in [6, 6.07) is 10.6. The van der Waals surface area contributed by atoms with Crippen molar-refractivity contribution >= 4 is 51.1 Å². The number of nitrogens with two attached hydrogens (primary N) is 1. The Balaban J connectivity index is 1.68. The molecule has 0 aliphatic carbocycles. The van der Waals surface area contributed by atoms with Gasteiger partial charge in [0, 0.05) is 18.8 Å². The Hall–Kier alpha value is -4.64. The number of benzene rings is 1. The maximum Gasteiger partial charge on any atom is 0.164 e. The number of nitrogens with zero attached hydrogens (tertiary/aromatic N) is 7. The van der Waals surface area contributed by atoms with Gasteiger partial charge in [-0.25, -0.2) is 24.6 Å². The first kappa shape index (κ1) is 24.1. The lowest BCUT2D eigenvalue weighted by Gasteiger charge is -2.22. The largest absolute Gasteiger partial charge is 0.508 e. The summed E-state index contributed by atoms with van der Waals surface area (Å²) in [6.07, 6.45) is 3.93. The number of likely N-dealkylation sites (N-methyl/N-ethyl adjacent to an activating group) is 1. The zero-order valence-electron chi connectivity index (χ0n) is 20.5. The fraction of sp³-hybridized carbons (Fsp3) is 0.154. The number of thiophene rings is 1. The average Bonchev–Trinajstić information content (AvgIpc) is 3.44. The van der Waals surface area contributed by atoms with Crippen LogP contribution in [0.25, 0.3) is 22.3 Å². The lowest BCUT2D eigenvalue weighted by Crippen LogP contribution is -2.32. The lowest BCUT2D eigenvalue weighted by molar-refractivity contribution is 0.112. The van der Waals surface area contributed by atoms with Crippen molar-refractivity contribution < 1.29 is 9.90 Å². The maximum atomic E-state index is 11.8. The normalized spacial score (nSPS) is 11.7. The third kappa shape index (κ3) is 4.52. The number of nitrogen functional groups attached to an aromatic ring is 1. The van der Waals surface area contributed by atoms with Gasteiger partial charge in [0.1, 0.15) is 46.8 Å². The fourth-order valence-electron chi connectivity index (χ4n) is 4.08. The molecule has 0 unspecified atom stereocenters. The van der Waals surface area contributed by atoms with E-state index in [2.05, 4.69) is 15.0 Å². The van der Waals surface area contributed by atoms with Gasteiger partial charge >= 0.3 is 0 Å². The van der Waals surface area contributed by atoms with E-state index in [-0.39, 0.29) is 18.1 Å². The van der Waals surface area contributed by atoms with Gasteiger partial charge in [-0.1, -0.05) is 18.2 Å². The number of phenolic OH excluding ortho intramolecular Hbond substituents is 1. The van der Waals surface area contributed by atoms with E-state index in [0.29, 0.717) is 38.7 Å². The Morgan fingerprint density at radius 2 is 2.03 bits per heavy atom. The smallest absolute Gasteiger partial charge is 0.164 e. The highest BCUT2D eigenvalue weighted by molar-refractivity contribution is 7.14. The molecule has 1 aromatic carbocycles. The molecule has 0 amide bonds. The van der Waals surface area contributed by atoms with Crippen LogP contribution in [0.1, 0.15) is 21.5 Å². The predicted molar refractivity (Wildman–Crippen MR) is 146 cm³/mol. The highest BCUT2D eigenvalue weighted by Gasteiger charge is 2.21. The second kappa shape index (κ2) is 9.78. The molecule has 37 heavy (non-hydrogen) atoms. The standard InChI is InChI=1S/C26H24N8O2S/c1-15-6-5-9-28-24(15)33(3)20(31-26-19(12-35)16(2)13-37-26)11-34-25-21(23(27)29-14-30-25)22(32-34)17-7-4-8-18(36)10-17/h4-10,12-14,36H,11H2,1-3H3,(H2,27,29,30)/b31-20-. The van der Waals surface area contributed by atoms with E-state index in [1.54, 1.807) is 29.1 Å². The number of aldehydes is 1. The number of aromatic hydroxyl groups is 1. The molecule has 3 N–H and O–H groups in total. The molecule has 0 saturated carbocycles. The van der Waals surface area contributed by atoms with Crippen LogP contribution in [0, 0.1) is 13.8 Å². The van der Waals surface area contributed by atoms with Crippen molar-refractivity contribution in [2.75, 3.05) is 17.7 Å². The first-order valence-corrected chi connectivity index (χ1v) is 12.3. The molecule has 0 aliphatic heterocycles. The van der Waals surface area contributed by atoms with Crippen LogP contribution in [0.4, 0.5) is 16.6 Å². The van der Waals surface area contributed by atoms with Crippen LogP contribution in [0.2, 0.25) is 0 Å². The number of aryl methyl sites for hydroxylation is 2. The SMILES string of the molecule is Cc1cccnc1N(C)/C(Cn1nc(-c2cccc(O)c2)c2c(N)ncnc21)=N\c1scc(C)c1C=O. The van der Waals surface area contributed by atoms with E-state index < -0.39 is 0 Å². The number of hydrogen-bond donors (Lipinski definition) is 2. The van der Waals surface area contributed by atoms with Crippen LogP contribution in [0.5, 0.6) is 5.75 Å². The Morgan fingerprint density at radius 1 is 1.19 bits per heavy atom. The van der Waals surface area contributed by atoms with E-state index in [1.807, 2.05) is 49.4 Å². The molecule has 0 radical (unpaired) electrons. The monoisotopic (exact) mass is 512 g/mol. The van der Waals surface area contributed by atoms with Crippen molar-refractivity contribution in [1.29, 1.82) is 0 Å². The van der Waals surface area contributed by atoms with Gasteiger partial charge in [0.15, 0.2) is 11.9 Å². The van der Waals surface area contributed by atoms with E-state index in [4.69, 9.17) is 15.8 Å². The quantitative estimate of drug-likeness (QED) is 0.192. The highest BCUT2D eigenvalue weighted by atomic mass is 32.1. The number of carbonyl (C=O) groups is 1. The number of rotatable bonds is 6. The van der Waals surface area contributed by atoms with Crippen LogP contribution in [-0.4, -0.2) is 49.0 Å². The van der Waals surface area contributed by atoms with Gasteiger partial charge in [-0.3, -0.25) is 4.79 Å². The highest BCUT2D eigenvalue weighted by Crippen LogP contribution is 2.33. The van der Waals surface area contributed by atoms with Gasteiger partial charge < -0.3 is 15.7 Å². The zero-order valence-corrected chi connectivity index (χ0v) is 21.3. The van der Waals surface area contributed by atoms with Gasteiger partial charge in [-0.05, 0) is 48.6 Å². The molecule has 11 heteroatoms. The molecule has 0 aliphatic rings. The third-order valence-corrected chi connectivity index (χ3v) is 7.01. The van der Waals surface area contributed by atoms with Gasteiger partial charge in [0.2, 0.25) is 0 Å². The first-order chi connectivity index (χ1) is 17.9. The van der Waals surface area contributed by atoms with E-state index in [9.17, 15) is 9.90 Å². The van der Waals surface area contributed by atoms with Gasteiger partial charge in [0.05, 0.1) is 10.9 Å². The molecule has 0 spiro atoms. The average molecular weight is 513 g/mol. The van der Waals surface area contributed by atoms with Crippen molar-refractivity contribution in [3.63, 3.8) is 0 Å². The summed E-state index contributed by atoms with van der Waals surface area (Å²) in [6.45, 7) is 4.06. The minimum atomic E-state index is 0.109. The minimum Gasteiger partial charge on any atom is -0.508 e. The van der Waals surface area contributed by atoms with Crippen LogP contribution < -0.4 is 10.6 Å². The summed E-state index contributed by atoms with van der Waals surface area (Å²) >= 11 is 1.40. The van der Waals surface area contributed by atoms with Crippen molar-refractivity contribution in [3.05, 3.63) is 71.0 Å². The first-order valence-electron chi connectivity index (χ1n) is 11.4. The summed E-state index contributed by atoms with van der Waals surface area (Å²) in [5.74, 6) is 1.70. The third-order valence-electron chi connectivity index (χ3n) is 6.01. The zero-order chi connectivity index (χ0) is 26.1. The Labute approximate surface area is 216 Å². The molecule has 5 aromatic rings. The van der Waals surface area contributed by atoms with Crippen LogP contribution in [0.15, 0.2) is 59.3 Å². The minimum absolute atomic E-state index is 0.109. The van der Waals surface area contributed by atoms with Crippen LogP contribution >= 0.6 is 11.3 Å². The molecule has 10 nitrogen and oxygen atoms in total. The van der Waals surface area contributed by atoms with Crippen LogP contribution in [0.3, 0.4) is 0 Å². The Morgan fingerprint density at radius 3 is 2.78 bits per heavy atom. The van der Waals surface area contributed by atoms with E-state index in [0.717, 1.165) is 23.2 Å². The molecular formula is C26H24N8O2S. The van der Waals surface area contributed by atoms with Crippen molar-refractivity contribution in [2.45, 2.75) is 20.4 Å². The molecule has 5 rings (SSSR count). The second-order valence-corrected chi connectivity index (χ2v) is 9.36. The van der Waals surface area contributed by atoms with Crippen LogP contribution in [-0.2, 0) is 6.54 Å². The molecule has 0 saturated heterocycles. The number of aliphatic imine (C=N–C) groups is 1. The van der Waals surface area contributed by atoms with Crippen molar-refractivity contribution in [1.82, 2.24) is 24.7 Å². The molecule has 0 fully saturated rings. The number of aromatic nitrogens is 5. The molecule has 0 bridgehead atoms. The van der Waals surface area contributed by atoms with E-state index in [1.165, 1.54) is 17.7 Å². The van der Waals surface area contributed by atoms with Gasteiger partial charge in [0.25, 0.3) is 0 Å². The number of fused-ring (bicyclic) bond motifs is 1. The van der Waals surface area contributed by atoms with Crippen molar-refractivity contribution in [3.8, 4) is 17.0 Å². The number of carbonyl (C=O) groups excluding carboxylic acids is 1. The summed E-state index contributed by atoms with van der Waals surface area (Å²) in [7, 11) is 1.88. The fourth-order valence-corrected chi connectivity index (χ4v) is 4.99. The van der Waals surface area contributed by atoms with Gasteiger partial charge in [-0.15, -0.1) is 11.3 Å². The number of amidine groups is 1. The predicted octanol–water partition coefficient (Wildman–Crippen LogP) is 4.53. The topological polar surface area (TPSA) is 135 Å². The van der Waals surface area contributed by atoms with Crippen molar-refractivity contribution in [2.24, 2.45) is 4.99 Å². The lowest BCUT2D eigenvalue weighted by atomic mass is 10.1. The number of phenols is 1. The summed E-state index contributed by atoms with van der Waals surface area (Å²) in [5, 5.41) is 17.9. The maximum absolute atomic E-state index is 11.8. The number of anilines is 2. The Bertz CT molecular complexity index is 1660. The Kier molecular flexibility index (Phi) is 6.36. The van der Waals surface area contributed by atoms with Gasteiger partial charge in [-0.2, -0.15) is 5.10 Å². The number of hydrogen-bond acceptors (Lipinski definition) is 9. The van der Waals surface area contributed by atoms with E-state index >= 15 is 0 Å². The molecular weight excluding hydrogens is 488 g/mol.